The maximum absolute atomic E-state index is 12.0. The summed E-state index contributed by atoms with van der Waals surface area (Å²) in [5, 5.41) is 2.82. The lowest BCUT2D eigenvalue weighted by Crippen LogP contribution is -2.35. The Hall–Kier alpha value is -1.62. The van der Waals surface area contributed by atoms with Crippen LogP contribution in [0.3, 0.4) is 0 Å². The zero-order chi connectivity index (χ0) is 16.2. The van der Waals surface area contributed by atoms with Crippen molar-refractivity contribution in [3.05, 3.63) is 23.9 Å². The minimum atomic E-state index is -0.0913. The van der Waals surface area contributed by atoms with Gasteiger partial charge in [-0.1, -0.05) is 19.8 Å². The van der Waals surface area contributed by atoms with Crippen LogP contribution in [0.25, 0.3) is 0 Å². The van der Waals surface area contributed by atoms with Gasteiger partial charge in [-0.2, -0.15) is 0 Å². The van der Waals surface area contributed by atoms with Crippen LogP contribution in [0.2, 0.25) is 0 Å². The topological polar surface area (TPSA) is 54.5 Å². The molecule has 2 aliphatic rings. The van der Waals surface area contributed by atoms with Gasteiger partial charge in [0.05, 0.1) is 12.2 Å². The lowest BCUT2D eigenvalue weighted by Gasteiger charge is -2.32. The Morgan fingerprint density at radius 1 is 1.39 bits per heavy atom. The second kappa shape index (κ2) is 7.30. The Labute approximate surface area is 138 Å². The average Bonchev–Trinajstić information content (AvgIpc) is 2.93. The van der Waals surface area contributed by atoms with Crippen LogP contribution < -0.4 is 10.2 Å². The second-order valence-electron chi connectivity index (χ2n) is 6.80. The van der Waals surface area contributed by atoms with E-state index in [1.165, 1.54) is 25.7 Å². The number of nitrogens with zero attached hydrogens (tertiary/aromatic N) is 2. The largest absolute Gasteiger partial charge is 0.383 e. The molecule has 23 heavy (non-hydrogen) atoms. The first-order valence-electron chi connectivity index (χ1n) is 8.70. The van der Waals surface area contributed by atoms with Crippen molar-refractivity contribution in [2.75, 3.05) is 31.7 Å². The Kier molecular flexibility index (Phi) is 5.16. The molecule has 5 heteroatoms. The summed E-state index contributed by atoms with van der Waals surface area (Å²) in [4.78, 5) is 19.0. The summed E-state index contributed by atoms with van der Waals surface area (Å²) in [6.07, 6.45) is 7.01. The zero-order valence-corrected chi connectivity index (χ0v) is 14.1. The number of rotatable bonds is 5. The third-order valence-electron chi connectivity index (χ3n) is 5.29. The molecule has 1 saturated carbocycles. The van der Waals surface area contributed by atoms with Gasteiger partial charge < -0.3 is 15.0 Å². The fourth-order valence-corrected chi connectivity index (χ4v) is 4.09. The number of pyridine rings is 1. The third kappa shape index (κ3) is 3.50. The van der Waals surface area contributed by atoms with E-state index >= 15 is 0 Å². The molecule has 1 aliphatic heterocycles. The number of methoxy groups -OCH3 is 1. The minimum absolute atomic E-state index is 0.0913. The number of hydrogen-bond acceptors (Lipinski definition) is 4. The van der Waals surface area contributed by atoms with Gasteiger partial charge in [-0.3, -0.25) is 4.79 Å². The molecule has 1 amide bonds. The first-order valence-corrected chi connectivity index (χ1v) is 8.70. The normalized spacial score (nSPS) is 26.9. The Morgan fingerprint density at radius 3 is 2.96 bits per heavy atom. The summed E-state index contributed by atoms with van der Waals surface area (Å²) >= 11 is 0. The van der Waals surface area contributed by atoms with Crippen LogP contribution in [0.1, 0.15) is 43.0 Å². The second-order valence-corrected chi connectivity index (χ2v) is 6.80. The number of anilines is 1. The summed E-state index contributed by atoms with van der Waals surface area (Å²) < 4.78 is 4.94. The van der Waals surface area contributed by atoms with Crippen molar-refractivity contribution in [3.8, 4) is 0 Å². The van der Waals surface area contributed by atoms with Gasteiger partial charge in [-0.25, -0.2) is 4.98 Å². The number of fused-ring (bicyclic) bond motifs is 1. The highest BCUT2D eigenvalue weighted by atomic mass is 16.5. The van der Waals surface area contributed by atoms with Crippen LogP contribution in [-0.4, -0.2) is 43.7 Å². The maximum atomic E-state index is 12.0. The van der Waals surface area contributed by atoms with Gasteiger partial charge in [0.15, 0.2) is 0 Å². The summed E-state index contributed by atoms with van der Waals surface area (Å²) in [6.45, 7) is 4.48. The molecule has 1 N–H and O–H groups in total. The molecule has 1 aromatic heterocycles. The lowest BCUT2D eigenvalue weighted by molar-refractivity contribution is 0.0937. The van der Waals surface area contributed by atoms with Crippen LogP contribution in [-0.2, 0) is 4.74 Å². The quantitative estimate of drug-likeness (QED) is 0.848. The smallest absolute Gasteiger partial charge is 0.252 e. The highest BCUT2D eigenvalue weighted by Gasteiger charge is 2.40. The van der Waals surface area contributed by atoms with Crippen molar-refractivity contribution in [2.24, 2.45) is 11.8 Å². The van der Waals surface area contributed by atoms with Gasteiger partial charge in [0.2, 0.25) is 0 Å². The molecule has 0 bridgehead atoms. The molecule has 1 saturated heterocycles. The molecule has 3 rings (SSSR count). The molecule has 0 spiro atoms. The fourth-order valence-electron chi connectivity index (χ4n) is 4.09. The molecular formula is C18H27N3O2. The number of nitrogens with one attached hydrogen (secondary N) is 1. The van der Waals surface area contributed by atoms with E-state index in [9.17, 15) is 4.79 Å². The molecule has 5 nitrogen and oxygen atoms in total. The van der Waals surface area contributed by atoms with Crippen LogP contribution in [0.4, 0.5) is 5.82 Å². The Bertz CT molecular complexity index is 532. The predicted molar refractivity (Wildman–Crippen MR) is 90.7 cm³/mol. The van der Waals surface area contributed by atoms with E-state index in [2.05, 4.69) is 22.1 Å². The average molecular weight is 317 g/mol. The number of amides is 1. The van der Waals surface area contributed by atoms with Gasteiger partial charge in [0, 0.05) is 32.4 Å². The van der Waals surface area contributed by atoms with E-state index < -0.39 is 0 Å². The van der Waals surface area contributed by atoms with Crippen molar-refractivity contribution in [1.82, 2.24) is 10.3 Å². The number of ether oxygens (including phenoxy) is 1. The number of hydrogen-bond donors (Lipinski definition) is 1. The highest BCUT2D eigenvalue weighted by Crippen LogP contribution is 2.41. The molecule has 3 atom stereocenters. The molecule has 1 aliphatic carbocycles. The van der Waals surface area contributed by atoms with Crippen molar-refractivity contribution in [2.45, 2.75) is 38.6 Å². The van der Waals surface area contributed by atoms with E-state index in [1.54, 1.807) is 13.3 Å². The lowest BCUT2D eigenvalue weighted by atomic mass is 9.80. The summed E-state index contributed by atoms with van der Waals surface area (Å²) in [6, 6.07) is 4.51. The van der Waals surface area contributed by atoms with Crippen molar-refractivity contribution < 1.29 is 9.53 Å². The summed E-state index contributed by atoms with van der Waals surface area (Å²) in [5.74, 6) is 2.47. The minimum Gasteiger partial charge on any atom is -0.383 e. The first kappa shape index (κ1) is 16.2. The number of carbonyl (C=O) groups is 1. The van der Waals surface area contributed by atoms with E-state index in [1.807, 2.05) is 12.1 Å². The maximum Gasteiger partial charge on any atom is 0.252 e. The van der Waals surface area contributed by atoms with Crippen molar-refractivity contribution in [1.29, 1.82) is 0 Å². The highest BCUT2D eigenvalue weighted by molar-refractivity contribution is 5.94. The van der Waals surface area contributed by atoms with E-state index in [0.717, 1.165) is 24.2 Å². The van der Waals surface area contributed by atoms with Crippen molar-refractivity contribution >= 4 is 11.7 Å². The van der Waals surface area contributed by atoms with Crippen LogP contribution >= 0.6 is 0 Å². The standard InChI is InChI=1S/C18H27N3O2/c1-13-12-21(16-6-4-3-5-15(13)16)17-8-7-14(11-20-17)18(22)19-9-10-23-2/h7-8,11,13,15-16H,3-6,9-10,12H2,1-2H3,(H,19,22). The Balaban J connectivity index is 1.66. The summed E-state index contributed by atoms with van der Waals surface area (Å²) in [7, 11) is 1.62. The van der Waals surface area contributed by atoms with Crippen LogP contribution in [0, 0.1) is 11.8 Å². The van der Waals surface area contributed by atoms with Gasteiger partial charge in [0.1, 0.15) is 5.82 Å². The molecule has 3 unspecified atom stereocenters. The molecule has 2 heterocycles. The molecule has 2 fully saturated rings. The summed E-state index contributed by atoms with van der Waals surface area (Å²) in [5.41, 5.74) is 0.609. The molecule has 126 valence electrons. The SMILES string of the molecule is COCCNC(=O)c1ccc(N2CC(C)C3CCCCC32)nc1. The van der Waals surface area contributed by atoms with Gasteiger partial charge in [0.25, 0.3) is 5.91 Å². The molecular weight excluding hydrogens is 290 g/mol. The first-order chi connectivity index (χ1) is 11.2. The van der Waals surface area contributed by atoms with Crippen LogP contribution in [0.5, 0.6) is 0 Å². The molecule has 0 aromatic carbocycles. The Morgan fingerprint density at radius 2 is 2.22 bits per heavy atom. The van der Waals surface area contributed by atoms with E-state index in [4.69, 9.17) is 4.74 Å². The van der Waals surface area contributed by atoms with Gasteiger partial charge in [-0.15, -0.1) is 0 Å². The predicted octanol–water partition coefficient (Wildman–Crippen LogP) is 2.47. The zero-order valence-electron chi connectivity index (χ0n) is 14.1. The van der Waals surface area contributed by atoms with Crippen molar-refractivity contribution in [3.63, 3.8) is 0 Å². The third-order valence-corrected chi connectivity index (χ3v) is 5.29. The number of carbonyl (C=O) groups excluding carboxylic acids is 1. The van der Waals surface area contributed by atoms with E-state index in [0.29, 0.717) is 24.8 Å². The van der Waals surface area contributed by atoms with E-state index in [-0.39, 0.29) is 5.91 Å². The van der Waals surface area contributed by atoms with Gasteiger partial charge >= 0.3 is 0 Å². The molecule has 1 aromatic rings. The number of aromatic nitrogens is 1. The fraction of sp³-hybridized carbons (Fsp3) is 0.667. The molecule has 0 radical (unpaired) electrons. The van der Waals surface area contributed by atoms with Gasteiger partial charge in [-0.05, 0) is 36.8 Å². The van der Waals surface area contributed by atoms with Crippen LogP contribution in [0.15, 0.2) is 18.3 Å². The monoisotopic (exact) mass is 317 g/mol.